The summed E-state index contributed by atoms with van der Waals surface area (Å²) < 4.78 is 2.32. The summed E-state index contributed by atoms with van der Waals surface area (Å²) in [6, 6.07) is 36.8. The summed E-state index contributed by atoms with van der Waals surface area (Å²) in [6.07, 6.45) is 2.28. The van der Waals surface area contributed by atoms with Crippen LogP contribution in [-0.4, -0.2) is 31.4 Å². The Bertz CT molecular complexity index is 1430. The average Bonchev–Trinajstić information content (AvgIpc) is 3.13. The molecule has 0 aromatic heterocycles. The van der Waals surface area contributed by atoms with E-state index in [-0.39, 0.29) is 0 Å². The number of nitrogens with zero attached hydrogens (tertiary/aromatic N) is 2. The summed E-state index contributed by atoms with van der Waals surface area (Å²) in [5.74, 6) is 0. The Balaban J connectivity index is 1.81. The zero-order valence-corrected chi connectivity index (χ0v) is 18.8. The topological polar surface area (TPSA) is 6.25 Å². The third-order valence-corrected chi connectivity index (χ3v) is 6.12. The first-order valence-electron chi connectivity index (χ1n) is 11.0. The molecule has 0 saturated carbocycles. The molecular weight excluding hydrogens is 388 g/mol. The zero-order chi connectivity index (χ0) is 22.1. The number of rotatable bonds is 3. The van der Waals surface area contributed by atoms with Gasteiger partial charge >= 0.3 is 0 Å². The molecule has 0 saturated heterocycles. The maximum atomic E-state index is 2.32. The standard InChI is InChI=1S/C30H27N2/c1-31(2)25-19-17-22(18-20-25)21-24-13-7-8-14-26(24)29-27-15-9-10-16-28(27)32(3)30(29)23-11-5-4-6-12-23/h4-21H,1-3H3/q+1. The Morgan fingerprint density at radius 2 is 1.34 bits per heavy atom. The molecule has 0 atom stereocenters. The molecule has 0 N–H and O–H groups in total. The number of hydrogen-bond acceptors (Lipinski definition) is 1. The van der Waals surface area contributed by atoms with Crippen LogP contribution in [0.15, 0.2) is 103 Å². The minimum atomic E-state index is 1.20. The van der Waals surface area contributed by atoms with Gasteiger partial charge in [0, 0.05) is 31.4 Å². The normalized spacial score (nSPS) is 15.2. The van der Waals surface area contributed by atoms with Gasteiger partial charge in [0.25, 0.3) is 0 Å². The van der Waals surface area contributed by atoms with Gasteiger partial charge in [0.2, 0.25) is 11.4 Å². The van der Waals surface area contributed by atoms with E-state index in [1.807, 2.05) is 0 Å². The van der Waals surface area contributed by atoms with E-state index in [0.717, 1.165) is 0 Å². The Labute approximate surface area is 189 Å². The molecule has 0 amide bonds. The van der Waals surface area contributed by atoms with Crippen LogP contribution >= 0.6 is 0 Å². The van der Waals surface area contributed by atoms with Crippen molar-refractivity contribution in [3.63, 3.8) is 0 Å². The molecular formula is C30H27N2+. The van der Waals surface area contributed by atoms with Crippen LogP contribution in [0.1, 0.15) is 16.7 Å². The van der Waals surface area contributed by atoms with Gasteiger partial charge < -0.3 is 4.90 Å². The molecule has 1 aliphatic heterocycles. The van der Waals surface area contributed by atoms with E-state index in [2.05, 4.69) is 140 Å². The molecule has 2 nitrogen and oxygen atoms in total. The number of para-hydroxylation sites is 1. The zero-order valence-electron chi connectivity index (χ0n) is 18.8. The first-order chi connectivity index (χ1) is 15.6. The first-order valence-corrected chi connectivity index (χ1v) is 11.0. The van der Waals surface area contributed by atoms with E-state index >= 15 is 0 Å². The number of fused-ring (bicyclic) bond motifs is 1. The lowest BCUT2D eigenvalue weighted by Gasteiger charge is -2.11. The largest absolute Gasteiger partial charge is 0.378 e. The number of benzene rings is 4. The van der Waals surface area contributed by atoms with Crippen LogP contribution in [0.5, 0.6) is 0 Å². The second kappa shape index (κ2) is 8.32. The van der Waals surface area contributed by atoms with Gasteiger partial charge in [-0.05, 0) is 52.4 Å². The summed E-state index contributed by atoms with van der Waals surface area (Å²) in [7, 11) is 6.31. The Hall–Kier alpha value is -3.91. The lowest BCUT2D eigenvalue weighted by Crippen LogP contribution is -2.30. The maximum absolute atomic E-state index is 2.32. The van der Waals surface area contributed by atoms with Crippen molar-refractivity contribution in [2.75, 3.05) is 26.0 Å². The molecule has 0 unspecified atom stereocenters. The molecule has 4 aromatic carbocycles. The highest BCUT2D eigenvalue weighted by Gasteiger charge is 2.33. The fraction of sp³-hybridized carbons (Fsp3) is 0.100. The van der Waals surface area contributed by atoms with E-state index in [1.54, 1.807) is 0 Å². The van der Waals surface area contributed by atoms with Crippen molar-refractivity contribution < 1.29 is 4.58 Å². The number of hydrogen-bond donors (Lipinski definition) is 0. The Morgan fingerprint density at radius 3 is 2.09 bits per heavy atom. The average molecular weight is 416 g/mol. The molecule has 0 spiro atoms. The van der Waals surface area contributed by atoms with Crippen molar-refractivity contribution in [2.24, 2.45) is 0 Å². The molecule has 32 heavy (non-hydrogen) atoms. The highest BCUT2D eigenvalue weighted by atomic mass is 15.1. The van der Waals surface area contributed by atoms with Crippen LogP contribution in [0.25, 0.3) is 11.6 Å². The summed E-state index contributed by atoms with van der Waals surface area (Å²) in [6.45, 7) is 0. The van der Waals surface area contributed by atoms with Gasteiger partial charge in [-0.25, -0.2) is 0 Å². The van der Waals surface area contributed by atoms with E-state index < -0.39 is 0 Å². The second-order valence-corrected chi connectivity index (χ2v) is 8.38. The summed E-state index contributed by atoms with van der Waals surface area (Å²) in [4.78, 5) is 2.12. The third kappa shape index (κ3) is 3.54. The van der Waals surface area contributed by atoms with Gasteiger partial charge in [-0.2, -0.15) is 4.58 Å². The van der Waals surface area contributed by atoms with Gasteiger partial charge in [-0.3, -0.25) is 0 Å². The smallest absolute Gasteiger partial charge is 0.221 e. The van der Waals surface area contributed by atoms with E-state index in [1.165, 1.54) is 49.8 Å². The highest BCUT2D eigenvalue weighted by molar-refractivity contribution is 6.31. The molecule has 0 aliphatic carbocycles. The van der Waals surface area contributed by atoms with Crippen LogP contribution in [0.2, 0.25) is 0 Å². The summed E-state index contributed by atoms with van der Waals surface area (Å²) >= 11 is 0. The van der Waals surface area contributed by atoms with E-state index in [9.17, 15) is 0 Å². The predicted molar refractivity (Wildman–Crippen MR) is 135 cm³/mol. The Morgan fingerprint density at radius 1 is 0.688 bits per heavy atom. The van der Waals surface area contributed by atoms with Crippen molar-refractivity contribution in [3.05, 3.63) is 130 Å². The first kappa shape index (κ1) is 20.0. The SMILES string of the molecule is CN(C)c1ccc(C=c2ccccc2=C2C(c3ccccc3)=[N+](C)c3ccccc32)cc1. The summed E-state index contributed by atoms with van der Waals surface area (Å²) in [5, 5.41) is 2.47. The lowest BCUT2D eigenvalue weighted by atomic mass is 9.94. The molecule has 2 heteroatoms. The van der Waals surface area contributed by atoms with E-state index in [4.69, 9.17) is 0 Å². The van der Waals surface area contributed by atoms with Gasteiger partial charge in [-0.1, -0.05) is 66.7 Å². The van der Waals surface area contributed by atoms with Gasteiger partial charge in [0.05, 0.1) is 11.1 Å². The van der Waals surface area contributed by atoms with Gasteiger partial charge in [0.1, 0.15) is 7.05 Å². The summed E-state index contributed by atoms with van der Waals surface area (Å²) in [5.41, 5.74) is 8.68. The molecule has 0 bridgehead atoms. The molecule has 4 aromatic rings. The quantitative estimate of drug-likeness (QED) is 0.445. The van der Waals surface area contributed by atoms with Crippen LogP contribution < -0.4 is 15.3 Å². The lowest BCUT2D eigenvalue weighted by molar-refractivity contribution is -0.400. The van der Waals surface area contributed by atoms with Crippen molar-refractivity contribution in [1.82, 2.24) is 0 Å². The van der Waals surface area contributed by atoms with Crippen LogP contribution in [0.4, 0.5) is 11.4 Å². The van der Waals surface area contributed by atoms with Crippen LogP contribution in [-0.2, 0) is 0 Å². The minimum absolute atomic E-state index is 1.20. The van der Waals surface area contributed by atoms with Crippen LogP contribution in [0, 0.1) is 0 Å². The highest BCUT2D eigenvalue weighted by Crippen LogP contribution is 2.33. The third-order valence-electron chi connectivity index (χ3n) is 6.12. The molecule has 1 heterocycles. The molecule has 156 valence electrons. The van der Waals surface area contributed by atoms with Crippen molar-refractivity contribution >= 4 is 28.7 Å². The molecule has 0 fully saturated rings. The van der Waals surface area contributed by atoms with Crippen molar-refractivity contribution in [2.45, 2.75) is 0 Å². The Kier molecular flexibility index (Phi) is 5.20. The van der Waals surface area contributed by atoms with E-state index in [0.29, 0.717) is 0 Å². The number of anilines is 1. The fourth-order valence-electron chi connectivity index (χ4n) is 4.50. The molecule has 0 radical (unpaired) electrons. The van der Waals surface area contributed by atoms with Crippen molar-refractivity contribution in [1.29, 1.82) is 0 Å². The van der Waals surface area contributed by atoms with Crippen molar-refractivity contribution in [3.8, 4) is 0 Å². The molecule has 1 aliphatic rings. The fourth-order valence-corrected chi connectivity index (χ4v) is 4.50. The van der Waals surface area contributed by atoms with Crippen LogP contribution in [0.3, 0.4) is 0 Å². The van der Waals surface area contributed by atoms with Gasteiger partial charge in [-0.15, -0.1) is 0 Å². The molecule has 5 rings (SSSR count). The second-order valence-electron chi connectivity index (χ2n) is 8.38. The monoisotopic (exact) mass is 415 g/mol. The minimum Gasteiger partial charge on any atom is -0.378 e. The maximum Gasteiger partial charge on any atom is 0.221 e. The predicted octanol–water partition coefficient (Wildman–Crippen LogP) is 4.56. The van der Waals surface area contributed by atoms with Gasteiger partial charge in [0.15, 0.2) is 0 Å².